The highest BCUT2D eigenvalue weighted by Crippen LogP contribution is 2.36. The molecule has 4 aromatic carbocycles. The molecule has 5 aromatic rings. The Morgan fingerprint density at radius 3 is 2.47 bits per heavy atom. The minimum Gasteiger partial charge on any atom is -0.487 e. The monoisotopic (exact) mass is 631 g/mol. The van der Waals surface area contributed by atoms with Crippen LogP contribution in [-0.2, 0) is 6.61 Å². The maximum atomic E-state index is 13.4. The van der Waals surface area contributed by atoms with E-state index in [-0.39, 0.29) is 12.4 Å². The van der Waals surface area contributed by atoms with E-state index in [1.807, 2.05) is 78.9 Å². The normalized spacial score (nSPS) is 12.4. The molecule has 2 heterocycles. The van der Waals surface area contributed by atoms with E-state index in [1.165, 1.54) is 4.68 Å². The molecule has 0 aliphatic carbocycles. The Balaban J connectivity index is 1.30. The van der Waals surface area contributed by atoms with Gasteiger partial charge in [0.15, 0.2) is 17.3 Å². The molecule has 0 spiro atoms. The molecule has 0 unspecified atom stereocenters. The van der Waals surface area contributed by atoms with Crippen LogP contribution in [-0.4, -0.2) is 22.7 Å². The number of benzene rings is 4. The molecule has 0 atom stereocenters. The predicted molar refractivity (Wildman–Crippen MR) is 153 cm³/mol. The van der Waals surface area contributed by atoms with Gasteiger partial charge >= 0.3 is 0 Å². The number of fused-ring (bicyclic) bond motifs is 2. The van der Waals surface area contributed by atoms with Crippen molar-refractivity contribution >= 4 is 49.0 Å². The van der Waals surface area contributed by atoms with Gasteiger partial charge in [0.25, 0.3) is 5.56 Å². The lowest BCUT2D eigenvalue weighted by molar-refractivity contribution is 0.174. The lowest BCUT2D eigenvalue weighted by Gasteiger charge is -2.12. The fourth-order valence-corrected chi connectivity index (χ4v) is 5.56. The van der Waals surface area contributed by atoms with Crippen LogP contribution in [0.2, 0.25) is 0 Å². The van der Waals surface area contributed by atoms with Crippen molar-refractivity contribution in [3.05, 3.63) is 115 Å². The molecule has 1 aliphatic rings. The average Bonchev–Trinajstić information content (AvgIpc) is 3.40. The van der Waals surface area contributed by atoms with Crippen molar-refractivity contribution in [1.29, 1.82) is 0 Å². The molecule has 38 heavy (non-hydrogen) atoms. The highest BCUT2D eigenvalue weighted by atomic mass is 79.9. The van der Waals surface area contributed by atoms with Crippen LogP contribution in [0.5, 0.6) is 17.2 Å². The number of rotatable bonds is 6. The fourth-order valence-electron chi connectivity index (χ4n) is 4.11. The minimum atomic E-state index is -0.243. The van der Waals surface area contributed by atoms with Gasteiger partial charge in [-0.2, -0.15) is 9.78 Å². The van der Waals surface area contributed by atoms with Crippen LogP contribution in [0.1, 0.15) is 11.1 Å². The van der Waals surface area contributed by atoms with Crippen LogP contribution in [0.15, 0.2) is 104 Å². The molecule has 7 nitrogen and oxygen atoms in total. The second-order valence-corrected chi connectivity index (χ2v) is 10.2. The van der Waals surface area contributed by atoms with Gasteiger partial charge in [-0.15, -0.1) is 0 Å². The predicted octanol–water partition coefficient (Wildman–Crippen LogP) is 6.78. The first kappa shape index (κ1) is 24.4. The second kappa shape index (κ2) is 10.4. The molecule has 0 bridgehead atoms. The van der Waals surface area contributed by atoms with Crippen molar-refractivity contribution in [3.8, 4) is 28.6 Å². The first-order chi connectivity index (χ1) is 18.6. The molecule has 9 heteroatoms. The zero-order chi connectivity index (χ0) is 26.1. The Morgan fingerprint density at radius 1 is 0.921 bits per heavy atom. The van der Waals surface area contributed by atoms with E-state index in [1.54, 1.807) is 12.3 Å². The van der Waals surface area contributed by atoms with Crippen molar-refractivity contribution in [2.45, 2.75) is 6.61 Å². The Morgan fingerprint density at radius 2 is 1.66 bits per heavy atom. The molecule has 188 valence electrons. The zero-order valence-corrected chi connectivity index (χ0v) is 23.0. The SMILES string of the molecule is O=c1c2ccccc2nc(-c2ccccc2)n1N=Cc1cc(Br)c(OCc2ccc3c(c2)OCO3)c(Br)c1. The molecule has 0 saturated heterocycles. The van der Waals surface area contributed by atoms with Crippen LogP contribution >= 0.6 is 31.9 Å². The molecular formula is C29H19Br2N3O4. The van der Waals surface area contributed by atoms with E-state index in [2.05, 4.69) is 37.0 Å². The van der Waals surface area contributed by atoms with Crippen molar-refractivity contribution in [3.63, 3.8) is 0 Å². The van der Waals surface area contributed by atoms with Crippen molar-refractivity contribution in [1.82, 2.24) is 9.66 Å². The van der Waals surface area contributed by atoms with Gasteiger partial charge < -0.3 is 14.2 Å². The summed E-state index contributed by atoms with van der Waals surface area (Å²) in [5, 5.41) is 5.05. The van der Waals surface area contributed by atoms with Crippen LogP contribution in [0.25, 0.3) is 22.3 Å². The minimum absolute atomic E-state index is 0.230. The van der Waals surface area contributed by atoms with E-state index in [0.29, 0.717) is 34.8 Å². The standard InChI is InChI=1S/C29H19Br2N3O4/c30-22-12-19(13-23(31)27(22)36-16-18-10-11-25-26(14-18)38-17-37-25)15-32-34-28(20-6-2-1-3-7-20)33-24-9-5-4-8-21(24)29(34)35/h1-15H,16-17H2. The van der Waals surface area contributed by atoms with Gasteiger partial charge in [0.2, 0.25) is 6.79 Å². The number of ether oxygens (including phenoxy) is 3. The summed E-state index contributed by atoms with van der Waals surface area (Å²) < 4.78 is 19.7. The number of hydrogen-bond acceptors (Lipinski definition) is 6. The molecule has 6 rings (SSSR count). The van der Waals surface area contributed by atoms with Gasteiger partial charge in [-0.3, -0.25) is 4.79 Å². The Kier molecular flexibility index (Phi) is 6.70. The third-order valence-corrected chi connectivity index (χ3v) is 7.13. The topological polar surface area (TPSA) is 74.9 Å². The third kappa shape index (κ3) is 4.82. The summed E-state index contributed by atoms with van der Waals surface area (Å²) in [5.74, 6) is 2.56. The fraction of sp³-hybridized carbons (Fsp3) is 0.0690. The molecule has 0 radical (unpaired) electrons. The smallest absolute Gasteiger partial charge is 0.282 e. The number of hydrogen-bond donors (Lipinski definition) is 0. The summed E-state index contributed by atoms with van der Waals surface area (Å²) in [6, 6.07) is 26.3. The second-order valence-electron chi connectivity index (χ2n) is 8.47. The maximum Gasteiger partial charge on any atom is 0.282 e. The highest BCUT2D eigenvalue weighted by Gasteiger charge is 2.15. The average molecular weight is 633 g/mol. The van der Waals surface area contributed by atoms with Gasteiger partial charge in [0.05, 0.1) is 26.1 Å². The lowest BCUT2D eigenvalue weighted by atomic mass is 10.2. The van der Waals surface area contributed by atoms with Crippen molar-refractivity contribution in [2.75, 3.05) is 6.79 Å². The first-order valence-electron chi connectivity index (χ1n) is 11.7. The van der Waals surface area contributed by atoms with Crippen LogP contribution in [0.3, 0.4) is 0 Å². The van der Waals surface area contributed by atoms with Crippen molar-refractivity contribution in [2.24, 2.45) is 5.10 Å². The van der Waals surface area contributed by atoms with Crippen molar-refractivity contribution < 1.29 is 14.2 Å². The number of para-hydroxylation sites is 1. The molecule has 0 amide bonds. The molecule has 0 fully saturated rings. The Labute approximate surface area is 234 Å². The summed E-state index contributed by atoms with van der Waals surface area (Å²) in [5.41, 5.74) is 2.89. The van der Waals surface area contributed by atoms with Crippen LogP contribution < -0.4 is 19.8 Å². The van der Waals surface area contributed by atoms with E-state index < -0.39 is 0 Å². The summed E-state index contributed by atoms with van der Waals surface area (Å²) in [6.07, 6.45) is 1.63. The number of halogens is 2. The summed E-state index contributed by atoms with van der Waals surface area (Å²) in [4.78, 5) is 18.1. The van der Waals surface area contributed by atoms with E-state index in [9.17, 15) is 4.79 Å². The van der Waals surface area contributed by atoms with Gasteiger partial charge in [0.1, 0.15) is 12.4 Å². The van der Waals surface area contributed by atoms with Gasteiger partial charge in [-0.25, -0.2) is 4.98 Å². The number of nitrogens with zero attached hydrogens (tertiary/aromatic N) is 3. The third-order valence-electron chi connectivity index (χ3n) is 5.95. The Hall–Kier alpha value is -3.95. The summed E-state index contributed by atoms with van der Waals surface area (Å²) >= 11 is 7.21. The lowest BCUT2D eigenvalue weighted by Crippen LogP contribution is -2.20. The molecule has 0 N–H and O–H groups in total. The first-order valence-corrected chi connectivity index (χ1v) is 13.3. The van der Waals surface area contributed by atoms with Crippen LogP contribution in [0, 0.1) is 0 Å². The molecule has 0 saturated carbocycles. The summed E-state index contributed by atoms with van der Waals surface area (Å²) in [7, 11) is 0. The Bertz CT molecular complexity index is 1730. The quantitative estimate of drug-likeness (QED) is 0.193. The van der Waals surface area contributed by atoms with Gasteiger partial charge in [-0.05, 0) is 79.4 Å². The van der Waals surface area contributed by atoms with Crippen LogP contribution in [0.4, 0.5) is 0 Å². The van der Waals surface area contributed by atoms with E-state index in [0.717, 1.165) is 31.4 Å². The highest BCUT2D eigenvalue weighted by molar-refractivity contribution is 9.11. The molecule has 1 aliphatic heterocycles. The number of aromatic nitrogens is 2. The maximum absolute atomic E-state index is 13.4. The summed E-state index contributed by atoms with van der Waals surface area (Å²) in [6.45, 7) is 0.577. The van der Waals surface area contributed by atoms with E-state index in [4.69, 9.17) is 19.2 Å². The molecular weight excluding hydrogens is 614 g/mol. The molecule has 1 aromatic heterocycles. The largest absolute Gasteiger partial charge is 0.487 e. The van der Waals surface area contributed by atoms with Gasteiger partial charge in [0, 0.05) is 5.56 Å². The van der Waals surface area contributed by atoms with Gasteiger partial charge in [-0.1, -0.05) is 48.5 Å². The van der Waals surface area contributed by atoms with E-state index >= 15 is 0 Å². The zero-order valence-electron chi connectivity index (χ0n) is 19.8.